The van der Waals surface area contributed by atoms with E-state index in [4.69, 9.17) is 16.2 Å². The van der Waals surface area contributed by atoms with Crippen molar-refractivity contribution >= 4 is 11.8 Å². The lowest BCUT2D eigenvalue weighted by atomic mass is 9.85. The second kappa shape index (κ2) is 6.55. The normalized spacial score (nSPS) is 11.4. The highest BCUT2D eigenvalue weighted by atomic mass is 19.1. The van der Waals surface area contributed by atoms with Gasteiger partial charge in [0.05, 0.1) is 0 Å². The van der Waals surface area contributed by atoms with E-state index in [0.29, 0.717) is 16.7 Å². The van der Waals surface area contributed by atoms with Crippen LogP contribution in [-0.4, -0.2) is 19.9 Å². The van der Waals surface area contributed by atoms with Crippen molar-refractivity contribution in [1.29, 1.82) is 0 Å². The molecule has 4 N–H and O–H groups in total. The maximum Gasteiger partial charge on any atom is 0.224 e. The lowest BCUT2D eigenvalue weighted by molar-refractivity contribution is 0.408. The fraction of sp³-hybridized carbons (Fsp3) is 0.222. The summed E-state index contributed by atoms with van der Waals surface area (Å²) in [6.45, 7) is 5.90. The van der Waals surface area contributed by atoms with Crippen molar-refractivity contribution in [3.05, 3.63) is 48.3 Å². The highest BCUT2D eigenvalue weighted by molar-refractivity contribution is 5.67. The van der Waals surface area contributed by atoms with Crippen LogP contribution in [0.25, 0.3) is 11.1 Å². The Bertz CT molecular complexity index is 937. The van der Waals surface area contributed by atoms with Gasteiger partial charge in [0.15, 0.2) is 11.6 Å². The Morgan fingerprint density at radius 2 is 1.69 bits per heavy atom. The summed E-state index contributed by atoms with van der Waals surface area (Å²) in [5, 5.41) is 0. The van der Waals surface area contributed by atoms with Crippen LogP contribution in [0.5, 0.6) is 11.6 Å². The summed E-state index contributed by atoms with van der Waals surface area (Å²) in [7, 11) is 0. The molecule has 2 heterocycles. The average Bonchev–Trinajstić information content (AvgIpc) is 2.56. The Morgan fingerprint density at radius 3 is 2.31 bits per heavy atom. The summed E-state index contributed by atoms with van der Waals surface area (Å²) in [5.74, 6) is 0.0460. The molecule has 0 bridgehead atoms. The Balaban J connectivity index is 2.15. The molecule has 134 valence electrons. The van der Waals surface area contributed by atoms with Crippen molar-refractivity contribution in [2.75, 3.05) is 11.5 Å². The molecule has 0 unspecified atom stereocenters. The van der Waals surface area contributed by atoms with Crippen LogP contribution >= 0.6 is 0 Å². The maximum absolute atomic E-state index is 15.3. The largest absolute Gasteiger partial charge is 0.435 e. The van der Waals surface area contributed by atoms with Gasteiger partial charge in [-0.15, -0.1) is 0 Å². The fourth-order valence-electron chi connectivity index (χ4n) is 2.46. The van der Waals surface area contributed by atoms with Gasteiger partial charge in [0, 0.05) is 35.2 Å². The Kier molecular flexibility index (Phi) is 4.41. The van der Waals surface area contributed by atoms with E-state index < -0.39 is 5.82 Å². The van der Waals surface area contributed by atoms with Gasteiger partial charge in [0.1, 0.15) is 12.1 Å². The van der Waals surface area contributed by atoms with Crippen molar-refractivity contribution in [3.8, 4) is 22.8 Å². The fourth-order valence-corrected chi connectivity index (χ4v) is 2.46. The smallest absolute Gasteiger partial charge is 0.224 e. The first-order valence-electron chi connectivity index (χ1n) is 7.92. The monoisotopic (exact) mass is 354 g/mol. The van der Waals surface area contributed by atoms with E-state index in [9.17, 15) is 0 Å². The number of hydrogen-bond acceptors (Lipinski definition) is 7. The summed E-state index contributed by atoms with van der Waals surface area (Å²) >= 11 is 0. The molecule has 0 aliphatic carbocycles. The first-order chi connectivity index (χ1) is 12.3. The molecular weight excluding hydrogens is 335 g/mol. The molecule has 0 radical (unpaired) electrons. The van der Waals surface area contributed by atoms with Crippen LogP contribution in [-0.2, 0) is 5.41 Å². The quantitative estimate of drug-likeness (QED) is 0.741. The molecule has 0 saturated carbocycles. The van der Waals surface area contributed by atoms with Crippen molar-refractivity contribution in [3.63, 3.8) is 0 Å². The molecule has 0 fully saturated rings. The van der Waals surface area contributed by atoms with Gasteiger partial charge in [0.25, 0.3) is 0 Å². The number of nitrogens with zero attached hydrogens (tertiary/aromatic N) is 4. The van der Waals surface area contributed by atoms with Gasteiger partial charge < -0.3 is 16.2 Å². The Morgan fingerprint density at radius 1 is 1.00 bits per heavy atom. The van der Waals surface area contributed by atoms with Crippen molar-refractivity contribution in [2.45, 2.75) is 26.2 Å². The second-order valence-electron chi connectivity index (χ2n) is 6.77. The van der Waals surface area contributed by atoms with Gasteiger partial charge in [0.2, 0.25) is 11.8 Å². The van der Waals surface area contributed by atoms with Gasteiger partial charge in [-0.3, -0.25) is 0 Å². The number of benzene rings is 1. The zero-order valence-electron chi connectivity index (χ0n) is 14.7. The Hall–Kier alpha value is -3.29. The molecule has 3 rings (SSSR count). The molecule has 0 saturated heterocycles. The van der Waals surface area contributed by atoms with Gasteiger partial charge in [-0.05, 0) is 5.41 Å². The zero-order valence-corrected chi connectivity index (χ0v) is 14.7. The third kappa shape index (κ3) is 3.53. The average molecular weight is 354 g/mol. The lowest BCUT2D eigenvalue weighted by Crippen LogP contribution is -2.14. The van der Waals surface area contributed by atoms with E-state index in [1.54, 1.807) is 6.07 Å². The number of rotatable bonds is 3. The number of aromatic nitrogens is 4. The third-order valence-electron chi connectivity index (χ3n) is 3.76. The maximum atomic E-state index is 15.3. The summed E-state index contributed by atoms with van der Waals surface area (Å²) in [4.78, 5) is 15.6. The van der Waals surface area contributed by atoms with Crippen molar-refractivity contribution < 1.29 is 9.13 Å². The van der Waals surface area contributed by atoms with E-state index in [2.05, 4.69) is 19.9 Å². The second-order valence-corrected chi connectivity index (χ2v) is 6.77. The van der Waals surface area contributed by atoms with Crippen LogP contribution in [0.1, 0.15) is 26.3 Å². The van der Waals surface area contributed by atoms with Crippen LogP contribution in [0.4, 0.5) is 16.2 Å². The van der Waals surface area contributed by atoms with Crippen LogP contribution in [0.15, 0.2) is 36.9 Å². The predicted octanol–water partition coefficient (Wildman–Crippen LogP) is 3.33. The van der Waals surface area contributed by atoms with Crippen LogP contribution in [0.3, 0.4) is 0 Å². The molecule has 0 aliphatic heterocycles. The molecule has 0 amide bonds. The van der Waals surface area contributed by atoms with Gasteiger partial charge in [-0.2, -0.15) is 0 Å². The number of nitrogen functional groups attached to an aromatic ring is 2. The molecule has 0 atom stereocenters. The number of anilines is 2. The SMILES string of the molecule is CC(C)(C)c1ccc(-c2cnc(N)nc2)c(F)c1Oc1cc(N)ncn1. The minimum atomic E-state index is -0.539. The van der Waals surface area contributed by atoms with E-state index >= 15 is 4.39 Å². The highest BCUT2D eigenvalue weighted by Gasteiger charge is 2.25. The van der Waals surface area contributed by atoms with Gasteiger partial charge >= 0.3 is 0 Å². The predicted molar refractivity (Wildman–Crippen MR) is 97.1 cm³/mol. The molecule has 8 heteroatoms. The summed E-state index contributed by atoms with van der Waals surface area (Å²) in [5.41, 5.74) is 12.3. The molecule has 0 spiro atoms. The highest BCUT2D eigenvalue weighted by Crippen LogP contribution is 2.39. The number of ether oxygens (including phenoxy) is 1. The third-order valence-corrected chi connectivity index (χ3v) is 3.76. The molecule has 3 aromatic rings. The van der Waals surface area contributed by atoms with Crippen LogP contribution < -0.4 is 16.2 Å². The summed E-state index contributed by atoms with van der Waals surface area (Å²) < 4.78 is 21.1. The van der Waals surface area contributed by atoms with Crippen LogP contribution in [0.2, 0.25) is 0 Å². The minimum Gasteiger partial charge on any atom is -0.435 e. The molecule has 7 nitrogen and oxygen atoms in total. The first-order valence-corrected chi connectivity index (χ1v) is 7.92. The van der Waals surface area contributed by atoms with Crippen LogP contribution in [0, 0.1) is 5.82 Å². The first kappa shape index (κ1) is 17.5. The lowest BCUT2D eigenvalue weighted by Gasteiger charge is -2.24. The number of halogens is 1. The topological polar surface area (TPSA) is 113 Å². The minimum absolute atomic E-state index is 0.0740. The molecule has 1 aromatic carbocycles. The number of hydrogen-bond donors (Lipinski definition) is 2. The van der Waals surface area contributed by atoms with E-state index in [1.807, 2.05) is 26.8 Å². The number of nitrogens with two attached hydrogens (primary N) is 2. The molecule has 26 heavy (non-hydrogen) atoms. The van der Waals surface area contributed by atoms with E-state index in [1.165, 1.54) is 24.8 Å². The summed E-state index contributed by atoms with van der Waals surface area (Å²) in [6, 6.07) is 4.92. The molecule has 0 aliphatic rings. The van der Waals surface area contributed by atoms with Crippen molar-refractivity contribution in [2.24, 2.45) is 0 Å². The summed E-state index contributed by atoms with van der Waals surface area (Å²) in [6.07, 6.45) is 4.19. The van der Waals surface area contributed by atoms with Gasteiger partial charge in [-0.25, -0.2) is 24.3 Å². The van der Waals surface area contributed by atoms with Crippen molar-refractivity contribution in [1.82, 2.24) is 19.9 Å². The zero-order chi connectivity index (χ0) is 18.9. The Labute approximate surface area is 150 Å². The molecular formula is C18H19FN6O. The van der Waals surface area contributed by atoms with Gasteiger partial charge in [-0.1, -0.05) is 32.9 Å². The molecule has 2 aromatic heterocycles. The standard InChI is InChI=1S/C18H19FN6O/c1-18(2,3)12-5-4-11(10-7-22-17(21)23-8-10)15(19)16(12)26-14-6-13(20)24-9-25-14/h4-9H,1-3H3,(H2,20,24,25)(H2,21,22,23). The van der Waals surface area contributed by atoms with E-state index in [-0.39, 0.29) is 28.8 Å². The van der Waals surface area contributed by atoms with E-state index in [0.717, 1.165) is 0 Å².